The van der Waals surface area contributed by atoms with Gasteiger partial charge in [-0.2, -0.15) is 5.26 Å². The van der Waals surface area contributed by atoms with Gasteiger partial charge in [-0.05, 0) is 29.8 Å². The van der Waals surface area contributed by atoms with Gasteiger partial charge in [0.15, 0.2) is 0 Å². The van der Waals surface area contributed by atoms with Crippen LogP contribution in [0, 0.1) is 17.1 Å². The Balaban J connectivity index is 1.56. The first-order valence-electron chi connectivity index (χ1n) is 8.95. The van der Waals surface area contributed by atoms with E-state index in [1.54, 1.807) is 30.5 Å². The minimum absolute atomic E-state index is 0.0494. The van der Waals surface area contributed by atoms with Crippen molar-refractivity contribution in [1.82, 2.24) is 10.2 Å². The summed E-state index contributed by atoms with van der Waals surface area (Å²) >= 11 is 5.84. The Bertz CT molecular complexity index is 899. The van der Waals surface area contributed by atoms with Gasteiger partial charge in [0.1, 0.15) is 17.5 Å². The molecule has 0 radical (unpaired) electrons. The Kier molecular flexibility index (Phi) is 6.51. The number of rotatable bonds is 5. The van der Waals surface area contributed by atoms with E-state index in [1.165, 1.54) is 6.07 Å². The molecule has 3 rings (SSSR count). The lowest BCUT2D eigenvalue weighted by Gasteiger charge is -2.35. The molecule has 2 aromatic carbocycles. The summed E-state index contributed by atoms with van der Waals surface area (Å²) in [4.78, 5) is 16.2. The molecule has 28 heavy (non-hydrogen) atoms. The van der Waals surface area contributed by atoms with E-state index in [-0.39, 0.29) is 11.4 Å². The van der Waals surface area contributed by atoms with Crippen molar-refractivity contribution in [1.29, 1.82) is 5.26 Å². The maximum atomic E-state index is 13.9. The molecule has 0 aromatic heterocycles. The van der Waals surface area contributed by atoms with E-state index in [2.05, 4.69) is 5.32 Å². The number of nitriles is 1. The Morgan fingerprint density at radius 3 is 2.46 bits per heavy atom. The minimum atomic E-state index is -0.422. The van der Waals surface area contributed by atoms with Gasteiger partial charge >= 0.3 is 0 Å². The van der Waals surface area contributed by atoms with Crippen molar-refractivity contribution in [2.45, 2.75) is 6.54 Å². The van der Waals surface area contributed by atoms with Gasteiger partial charge in [0, 0.05) is 43.9 Å². The van der Waals surface area contributed by atoms with Gasteiger partial charge in [0.2, 0.25) is 0 Å². The number of halogens is 2. The maximum Gasteiger partial charge on any atom is 0.263 e. The van der Waals surface area contributed by atoms with Gasteiger partial charge in [-0.3, -0.25) is 4.79 Å². The predicted octanol–water partition coefficient (Wildman–Crippen LogP) is 3.32. The number of carbonyl (C=O) groups excluding carboxylic acids is 1. The number of amides is 1. The first kappa shape index (κ1) is 19.7. The van der Waals surface area contributed by atoms with E-state index in [0.717, 1.165) is 5.56 Å². The normalized spacial score (nSPS) is 14.5. The Morgan fingerprint density at radius 1 is 1.14 bits per heavy atom. The molecule has 1 aliphatic heterocycles. The molecule has 0 atom stereocenters. The molecular formula is C21H20ClFN4O. The number of piperazine rings is 1. The van der Waals surface area contributed by atoms with Crippen LogP contribution in [0.5, 0.6) is 0 Å². The first-order chi connectivity index (χ1) is 13.6. The van der Waals surface area contributed by atoms with E-state index in [1.807, 2.05) is 34.1 Å². The molecule has 144 valence electrons. The molecule has 1 N–H and O–H groups in total. The number of hydrogen-bond acceptors (Lipinski definition) is 4. The molecule has 1 heterocycles. The van der Waals surface area contributed by atoms with Gasteiger partial charge in [-0.15, -0.1) is 0 Å². The molecule has 1 amide bonds. The summed E-state index contributed by atoms with van der Waals surface area (Å²) in [7, 11) is 0. The van der Waals surface area contributed by atoms with E-state index in [0.29, 0.717) is 43.4 Å². The standard InChI is InChI=1S/C21H20ClFN4O/c22-18-7-5-16(6-8-18)14-25-21(28)17(13-24)15-26-9-11-27(12-10-26)20-4-2-1-3-19(20)23/h1-8,15H,9-12,14H2,(H,25,28)/b17-15-. The summed E-state index contributed by atoms with van der Waals surface area (Å²) < 4.78 is 13.9. The largest absolute Gasteiger partial charge is 0.373 e. The highest BCUT2D eigenvalue weighted by Gasteiger charge is 2.19. The number of benzene rings is 2. The van der Waals surface area contributed by atoms with E-state index >= 15 is 0 Å². The molecule has 0 aliphatic carbocycles. The molecular weight excluding hydrogens is 379 g/mol. The van der Waals surface area contributed by atoms with Crippen LogP contribution in [0.25, 0.3) is 0 Å². The van der Waals surface area contributed by atoms with Crippen LogP contribution in [0.4, 0.5) is 10.1 Å². The maximum absolute atomic E-state index is 13.9. The predicted molar refractivity (Wildman–Crippen MR) is 107 cm³/mol. The lowest BCUT2D eigenvalue weighted by atomic mass is 10.2. The number of para-hydroxylation sites is 1. The highest BCUT2D eigenvalue weighted by Crippen LogP contribution is 2.20. The highest BCUT2D eigenvalue weighted by molar-refractivity contribution is 6.30. The van der Waals surface area contributed by atoms with Gasteiger partial charge in [-0.1, -0.05) is 35.9 Å². The number of hydrogen-bond donors (Lipinski definition) is 1. The van der Waals surface area contributed by atoms with Crippen LogP contribution in [0.2, 0.25) is 5.02 Å². The van der Waals surface area contributed by atoms with Crippen LogP contribution in [0.3, 0.4) is 0 Å². The molecule has 1 aliphatic rings. The van der Waals surface area contributed by atoms with Crippen LogP contribution in [-0.4, -0.2) is 37.0 Å². The van der Waals surface area contributed by atoms with Crippen molar-refractivity contribution in [3.05, 3.63) is 76.7 Å². The Labute approximate surface area is 168 Å². The van der Waals surface area contributed by atoms with Crippen molar-refractivity contribution in [3.63, 3.8) is 0 Å². The second-order valence-corrected chi connectivity index (χ2v) is 6.87. The fourth-order valence-corrected chi connectivity index (χ4v) is 3.13. The third kappa shape index (κ3) is 5.02. The highest BCUT2D eigenvalue weighted by atomic mass is 35.5. The summed E-state index contributed by atoms with van der Waals surface area (Å²) in [5, 5.41) is 12.7. The molecule has 0 saturated carbocycles. The van der Waals surface area contributed by atoms with Crippen molar-refractivity contribution < 1.29 is 9.18 Å². The van der Waals surface area contributed by atoms with Crippen LogP contribution in [0.15, 0.2) is 60.3 Å². The zero-order chi connectivity index (χ0) is 19.9. The number of carbonyl (C=O) groups is 1. The summed E-state index contributed by atoms with van der Waals surface area (Å²) in [6.45, 7) is 2.75. The topological polar surface area (TPSA) is 59.4 Å². The van der Waals surface area contributed by atoms with Crippen molar-refractivity contribution >= 4 is 23.2 Å². The molecule has 0 spiro atoms. The zero-order valence-electron chi connectivity index (χ0n) is 15.2. The lowest BCUT2D eigenvalue weighted by molar-refractivity contribution is -0.117. The molecule has 5 nitrogen and oxygen atoms in total. The average Bonchev–Trinajstić information content (AvgIpc) is 2.72. The summed E-state index contributed by atoms with van der Waals surface area (Å²) in [5.74, 6) is -0.667. The molecule has 7 heteroatoms. The zero-order valence-corrected chi connectivity index (χ0v) is 16.0. The molecule has 1 saturated heterocycles. The van der Waals surface area contributed by atoms with Crippen molar-refractivity contribution in [3.8, 4) is 6.07 Å². The first-order valence-corrected chi connectivity index (χ1v) is 9.32. The van der Waals surface area contributed by atoms with Gasteiger partial charge < -0.3 is 15.1 Å². The van der Waals surface area contributed by atoms with E-state index in [4.69, 9.17) is 11.6 Å². The van der Waals surface area contributed by atoms with Crippen LogP contribution >= 0.6 is 11.6 Å². The van der Waals surface area contributed by atoms with Gasteiger partial charge in [0.05, 0.1) is 5.69 Å². The second kappa shape index (κ2) is 9.25. The lowest BCUT2D eigenvalue weighted by Crippen LogP contribution is -2.44. The third-order valence-electron chi connectivity index (χ3n) is 4.55. The summed E-state index contributed by atoms with van der Waals surface area (Å²) in [5.41, 5.74) is 1.52. The van der Waals surface area contributed by atoms with Crippen molar-refractivity contribution in [2.24, 2.45) is 0 Å². The van der Waals surface area contributed by atoms with E-state index < -0.39 is 5.91 Å². The fraction of sp³-hybridized carbons (Fsp3) is 0.238. The van der Waals surface area contributed by atoms with Gasteiger partial charge in [-0.25, -0.2) is 4.39 Å². The smallest absolute Gasteiger partial charge is 0.263 e. The second-order valence-electron chi connectivity index (χ2n) is 6.44. The SMILES string of the molecule is N#C/C(=C/N1CCN(c2ccccc2F)CC1)C(=O)NCc1ccc(Cl)cc1. The monoisotopic (exact) mass is 398 g/mol. The number of nitrogens with one attached hydrogen (secondary N) is 1. The third-order valence-corrected chi connectivity index (χ3v) is 4.80. The van der Waals surface area contributed by atoms with Crippen LogP contribution in [0.1, 0.15) is 5.56 Å². The van der Waals surface area contributed by atoms with E-state index in [9.17, 15) is 14.4 Å². The van der Waals surface area contributed by atoms with Gasteiger partial charge in [0.25, 0.3) is 5.91 Å². The Hall–Kier alpha value is -3.04. The van der Waals surface area contributed by atoms with Crippen molar-refractivity contribution in [2.75, 3.05) is 31.1 Å². The van der Waals surface area contributed by atoms with Crippen LogP contribution < -0.4 is 10.2 Å². The molecule has 1 fully saturated rings. The van der Waals surface area contributed by atoms with Crippen LogP contribution in [-0.2, 0) is 11.3 Å². The number of anilines is 1. The minimum Gasteiger partial charge on any atom is -0.373 e. The summed E-state index contributed by atoms with van der Waals surface area (Å²) in [6, 6.07) is 15.8. The Morgan fingerprint density at radius 2 is 1.82 bits per heavy atom. The summed E-state index contributed by atoms with van der Waals surface area (Å²) in [6.07, 6.45) is 1.58. The average molecular weight is 399 g/mol. The molecule has 0 unspecified atom stereocenters. The molecule has 2 aromatic rings. The molecule has 0 bridgehead atoms. The quantitative estimate of drug-likeness (QED) is 0.620. The number of nitrogens with zero attached hydrogens (tertiary/aromatic N) is 3. The fourth-order valence-electron chi connectivity index (χ4n) is 3.00.